The van der Waals surface area contributed by atoms with E-state index in [9.17, 15) is 4.79 Å². The molecule has 2 fully saturated rings. The van der Waals surface area contributed by atoms with Crippen molar-refractivity contribution in [1.29, 1.82) is 0 Å². The van der Waals surface area contributed by atoms with E-state index in [1.165, 1.54) is 16.5 Å². The molecule has 2 aliphatic heterocycles. The average Bonchev–Trinajstić information content (AvgIpc) is 3.28. The van der Waals surface area contributed by atoms with Crippen LogP contribution in [0.25, 0.3) is 10.9 Å². The average molecular weight is 356 g/mol. The minimum absolute atomic E-state index is 0.187. The first-order chi connectivity index (χ1) is 12.6. The lowest BCUT2D eigenvalue weighted by Gasteiger charge is -2.33. The van der Waals surface area contributed by atoms with Gasteiger partial charge in [0.2, 0.25) is 0 Å². The van der Waals surface area contributed by atoms with Crippen molar-refractivity contribution in [2.75, 3.05) is 19.7 Å². The van der Waals surface area contributed by atoms with Crippen LogP contribution in [0.15, 0.2) is 18.2 Å². The summed E-state index contributed by atoms with van der Waals surface area (Å²) in [6.07, 6.45) is 3.67. The number of ether oxygens (including phenoxy) is 1. The molecule has 0 saturated carbocycles. The van der Waals surface area contributed by atoms with E-state index >= 15 is 0 Å². The second kappa shape index (κ2) is 7.37. The van der Waals surface area contributed by atoms with Gasteiger partial charge in [-0.15, -0.1) is 0 Å². The van der Waals surface area contributed by atoms with Gasteiger partial charge in [-0.05, 0) is 44.7 Å². The lowest BCUT2D eigenvalue weighted by Crippen LogP contribution is -2.47. The number of rotatable bonds is 4. The number of aryl methyl sites for hydroxylation is 2. The SMILES string of the molecule is Cc1ccc2c(c1)c(CNC1CCN(C(=O)[C@H]3CCCO3)CC1)nn2C. The van der Waals surface area contributed by atoms with E-state index in [0.29, 0.717) is 6.04 Å². The number of fused-ring (bicyclic) bond motifs is 1. The number of nitrogens with zero attached hydrogens (tertiary/aromatic N) is 3. The maximum Gasteiger partial charge on any atom is 0.251 e. The number of carbonyl (C=O) groups excluding carboxylic acids is 1. The van der Waals surface area contributed by atoms with Gasteiger partial charge >= 0.3 is 0 Å². The summed E-state index contributed by atoms with van der Waals surface area (Å²) in [6, 6.07) is 6.91. The molecule has 26 heavy (non-hydrogen) atoms. The maximum atomic E-state index is 12.4. The highest BCUT2D eigenvalue weighted by Crippen LogP contribution is 2.21. The van der Waals surface area contributed by atoms with E-state index in [1.54, 1.807) is 0 Å². The van der Waals surface area contributed by atoms with Crippen molar-refractivity contribution < 1.29 is 9.53 Å². The molecular formula is C20H28N4O2. The number of likely N-dealkylation sites (tertiary alicyclic amines) is 1. The van der Waals surface area contributed by atoms with Crippen molar-refractivity contribution >= 4 is 16.8 Å². The van der Waals surface area contributed by atoms with Crippen LogP contribution in [0.1, 0.15) is 36.9 Å². The van der Waals surface area contributed by atoms with Crippen molar-refractivity contribution in [3.05, 3.63) is 29.5 Å². The number of hydrogen-bond acceptors (Lipinski definition) is 4. The number of aromatic nitrogens is 2. The summed E-state index contributed by atoms with van der Waals surface area (Å²) in [6.45, 7) is 5.25. The smallest absolute Gasteiger partial charge is 0.251 e. The van der Waals surface area contributed by atoms with Crippen LogP contribution >= 0.6 is 0 Å². The minimum atomic E-state index is -0.192. The standard InChI is InChI=1S/C20H28N4O2/c1-14-5-6-18-16(12-14)17(22-23(18)2)13-21-15-7-9-24(10-8-15)20(25)19-4-3-11-26-19/h5-6,12,15,19,21H,3-4,7-11,13H2,1-2H3/t19-/m1/s1. The predicted molar refractivity (Wildman–Crippen MR) is 101 cm³/mol. The van der Waals surface area contributed by atoms with Gasteiger partial charge in [0.25, 0.3) is 5.91 Å². The summed E-state index contributed by atoms with van der Waals surface area (Å²) in [5.74, 6) is 0.187. The lowest BCUT2D eigenvalue weighted by atomic mass is 10.0. The van der Waals surface area contributed by atoms with Crippen molar-refractivity contribution in [3.63, 3.8) is 0 Å². The van der Waals surface area contributed by atoms with Crippen LogP contribution in [0, 0.1) is 6.92 Å². The summed E-state index contributed by atoms with van der Waals surface area (Å²) in [5, 5.41) is 9.56. The highest BCUT2D eigenvalue weighted by Gasteiger charge is 2.30. The van der Waals surface area contributed by atoms with Gasteiger partial charge in [-0.1, -0.05) is 11.6 Å². The van der Waals surface area contributed by atoms with Gasteiger partial charge in [-0.25, -0.2) is 0 Å². The second-order valence-corrected chi connectivity index (χ2v) is 7.57. The molecule has 0 spiro atoms. The molecule has 2 aromatic rings. The Morgan fingerprint density at radius 2 is 2.12 bits per heavy atom. The number of nitrogens with one attached hydrogen (secondary N) is 1. The molecule has 0 radical (unpaired) electrons. The molecule has 6 nitrogen and oxygen atoms in total. The van der Waals surface area contributed by atoms with Crippen molar-refractivity contribution in [3.8, 4) is 0 Å². The third-order valence-corrected chi connectivity index (χ3v) is 5.65. The Balaban J connectivity index is 1.32. The van der Waals surface area contributed by atoms with E-state index in [1.807, 2.05) is 16.6 Å². The van der Waals surface area contributed by atoms with Crippen LogP contribution in [-0.4, -0.2) is 52.4 Å². The highest BCUT2D eigenvalue weighted by molar-refractivity contribution is 5.82. The van der Waals surface area contributed by atoms with Crippen molar-refractivity contribution in [2.45, 2.75) is 51.3 Å². The molecule has 1 atom stereocenters. The van der Waals surface area contributed by atoms with E-state index in [4.69, 9.17) is 4.74 Å². The molecular weight excluding hydrogens is 328 g/mol. The van der Waals surface area contributed by atoms with Gasteiger partial charge in [0.15, 0.2) is 0 Å². The van der Waals surface area contributed by atoms with E-state index in [0.717, 1.165) is 57.6 Å². The number of piperidine rings is 1. The molecule has 1 N–H and O–H groups in total. The van der Waals surface area contributed by atoms with Gasteiger partial charge in [0.1, 0.15) is 6.10 Å². The zero-order valence-corrected chi connectivity index (χ0v) is 15.7. The van der Waals surface area contributed by atoms with Crippen LogP contribution in [0.2, 0.25) is 0 Å². The Bertz CT molecular complexity index is 786. The summed E-state index contributed by atoms with van der Waals surface area (Å²) in [5.41, 5.74) is 3.53. The zero-order valence-electron chi connectivity index (χ0n) is 15.7. The monoisotopic (exact) mass is 356 g/mol. The van der Waals surface area contributed by atoms with Crippen LogP contribution in [-0.2, 0) is 23.1 Å². The largest absolute Gasteiger partial charge is 0.368 e. The Morgan fingerprint density at radius 3 is 2.85 bits per heavy atom. The number of carbonyl (C=O) groups is 1. The van der Waals surface area contributed by atoms with E-state index in [2.05, 4.69) is 35.5 Å². The highest BCUT2D eigenvalue weighted by atomic mass is 16.5. The predicted octanol–water partition coefficient (Wildman–Crippen LogP) is 2.14. The molecule has 1 amide bonds. The van der Waals surface area contributed by atoms with Crippen LogP contribution < -0.4 is 5.32 Å². The van der Waals surface area contributed by atoms with E-state index in [-0.39, 0.29) is 12.0 Å². The summed E-state index contributed by atoms with van der Waals surface area (Å²) in [7, 11) is 2.00. The lowest BCUT2D eigenvalue weighted by molar-refractivity contribution is -0.142. The minimum Gasteiger partial charge on any atom is -0.368 e. The second-order valence-electron chi connectivity index (χ2n) is 7.57. The molecule has 0 aliphatic carbocycles. The van der Waals surface area contributed by atoms with Gasteiger partial charge < -0.3 is 15.0 Å². The Hall–Kier alpha value is -1.92. The van der Waals surface area contributed by atoms with Crippen LogP contribution in [0.5, 0.6) is 0 Å². The van der Waals surface area contributed by atoms with Gasteiger partial charge in [0.05, 0.1) is 11.2 Å². The number of benzene rings is 1. The fourth-order valence-corrected chi connectivity index (χ4v) is 4.10. The van der Waals surface area contributed by atoms with Gasteiger partial charge in [-0.3, -0.25) is 9.48 Å². The number of amides is 1. The van der Waals surface area contributed by atoms with E-state index < -0.39 is 0 Å². The molecule has 0 unspecified atom stereocenters. The third kappa shape index (κ3) is 3.48. The van der Waals surface area contributed by atoms with Gasteiger partial charge in [-0.2, -0.15) is 5.10 Å². The topological polar surface area (TPSA) is 59.4 Å². The molecule has 0 bridgehead atoms. The molecule has 1 aromatic heterocycles. The first kappa shape index (κ1) is 17.5. The maximum absolute atomic E-state index is 12.4. The summed E-state index contributed by atoms with van der Waals surface area (Å²) >= 11 is 0. The number of hydrogen-bond donors (Lipinski definition) is 1. The summed E-state index contributed by atoms with van der Waals surface area (Å²) < 4.78 is 7.49. The zero-order chi connectivity index (χ0) is 18.1. The molecule has 140 valence electrons. The summed E-state index contributed by atoms with van der Waals surface area (Å²) in [4.78, 5) is 14.4. The molecule has 4 rings (SSSR count). The fraction of sp³-hybridized carbons (Fsp3) is 0.600. The van der Waals surface area contributed by atoms with Crippen molar-refractivity contribution in [1.82, 2.24) is 20.0 Å². The van der Waals surface area contributed by atoms with Gasteiger partial charge in [0, 0.05) is 44.7 Å². The Labute approximate surface area is 154 Å². The third-order valence-electron chi connectivity index (χ3n) is 5.65. The molecule has 6 heteroatoms. The van der Waals surface area contributed by atoms with Crippen molar-refractivity contribution in [2.24, 2.45) is 7.05 Å². The molecule has 3 heterocycles. The molecule has 2 saturated heterocycles. The normalized spacial score (nSPS) is 21.6. The Morgan fingerprint density at radius 1 is 1.31 bits per heavy atom. The van der Waals surface area contributed by atoms with Crippen LogP contribution in [0.4, 0.5) is 0 Å². The Kier molecular flexibility index (Phi) is 4.96. The first-order valence-electron chi connectivity index (χ1n) is 9.68. The quantitative estimate of drug-likeness (QED) is 0.912. The molecule has 2 aliphatic rings. The fourth-order valence-electron chi connectivity index (χ4n) is 4.10. The molecule has 1 aromatic carbocycles. The first-order valence-corrected chi connectivity index (χ1v) is 9.68. The van der Waals surface area contributed by atoms with Crippen LogP contribution in [0.3, 0.4) is 0 Å².